The molecule has 2 N–H and O–H groups in total. The van der Waals surface area contributed by atoms with Gasteiger partial charge < -0.3 is 14.9 Å². The van der Waals surface area contributed by atoms with Crippen molar-refractivity contribution in [3.8, 4) is 0 Å². The third-order valence-corrected chi connectivity index (χ3v) is 9.45. The predicted octanol–water partition coefficient (Wildman–Crippen LogP) is 3.28. The minimum Gasteiger partial charge on any atom is -0.465 e. The number of hydrogen-bond donors (Lipinski definition) is 2. The molecule has 0 aromatic heterocycles. The molecule has 11 heteroatoms. The molecule has 0 saturated carbocycles. The van der Waals surface area contributed by atoms with Crippen LogP contribution in [0.5, 0.6) is 0 Å². The Kier molecular flexibility index (Phi) is 8.27. The van der Waals surface area contributed by atoms with Gasteiger partial charge in [-0.3, -0.25) is 14.5 Å². The fraction of sp³-hybridized carbons (Fsp3) is 0.367. The van der Waals surface area contributed by atoms with Gasteiger partial charge in [-0.15, -0.1) is 0 Å². The van der Waals surface area contributed by atoms with Crippen LogP contribution in [0.4, 0.5) is 4.79 Å². The molecule has 2 fully saturated rings. The van der Waals surface area contributed by atoms with Crippen LogP contribution in [0.3, 0.4) is 0 Å². The summed E-state index contributed by atoms with van der Waals surface area (Å²) in [5, 5.41) is 11.6. The van der Waals surface area contributed by atoms with E-state index in [1.807, 2.05) is 54.6 Å². The first-order valence-corrected chi connectivity index (χ1v) is 15.3. The Bertz CT molecular complexity index is 1550. The zero-order valence-corrected chi connectivity index (χ0v) is 23.7. The second kappa shape index (κ2) is 11.9. The summed E-state index contributed by atoms with van der Waals surface area (Å²) in [5.41, 5.74) is 0.867. The van der Waals surface area contributed by atoms with Crippen molar-refractivity contribution in [1.82, 2.24) is 19.4 Å². The van der Waals surface area contributed by atoms with Gasteiger partial charge in [0, 0.05) is 26.2 Å². The molecule has 2 aliphatic rings. The third-order valence-electron chi connectivity index (χ3n) is 7.98. The highest BCUT2D eigenvalue weighted by molar-refractivity contribution is 7.89. The lowest BCUT2D eigenvalue weighted by atomic mass is 10.0. The number of hydrogen-bond acceptors (Lipinski definition) is 5. The van der Waals surface area contributed by atoms with Crippen molar-refractivity contribution < 1.29 is 27.9 Å². The van der Waals surface area contributed by atoms with E-state index in [0.29, 0.717) is 19.4 Å². The summed E-state index contributed by atoms with van der Waals surface area (Å²) in [6.07, 6.45) is 0.482. The maximum atomic E-state index is 13.5. The van der Waals surface area contributed by atoms with Gasteiger partial charge in [-0.2, -0.15) is 4.72 Å². The molecule has 3 aromatic rings. The lowest BCUT2D eigenvalue weighted by Gasteiger charge is -2.40. The molecule has 0 spiro atoms. The van der Waals surface area contributed by atoms with Gasteiger partial charge in [-0.25, -0.2) is 13.2 Å². The van der Waals surface area contributed by atoms with Crippen LogP contribution in [0.25, 0.3) is 10.8 Å². The Labute approximate surface area is 239 Å². The minimum absolute atomic E-state index is 0.0735. The van der Waals surface area contributed by atoms with Crippen molar-refractivity contribution >= 4 is 38.7 Å². The molecule has 0 radical (unpaired) electrons. The molecular formula is C30H34N4O6S. The van der Waals surface area contributed by atoms with Crippen LogP contribution in [0.15, 0.2) is 77.7 Å². The van der Waals surface area contributed by atoms with Gasteiger partial charge in [0.05, 0.1) is 10.9 Å². The van der Waals surface area contributed by atoms with E-state index < -0.39 is 34.1 Å². The van der Waals surface area contributed by atoms with Crippen molar-refractivity contribution in [2.45, 2.75) is 55.8 Å². The zero-order valence-electron chi connectivity index (χ0n) is 22.8. The monoisotopic (exact) mass is 578 g/mol. The third kappa shape index (κ3) is 6.20. The Morgan fingerprint density at radius 2 is 1.71 bits per heavy atom. The summed E-state index contributed by atoms with van der Waals surface area (Å²) < 4.78 is 28.8. The first kappa shape index (κ1) is 28.6. The maximum absolute atomic E-state index is 13.5. The average Bonchev–Trinajstić information content (AvgIpc) is 3.34. The minimum atomic E-state index is -3.96. The fourth-order valence-corrected chi connectivity index (χ4v) is 6.98. The Hall–Kier alpha value is -3.96. The topological polar surface area (TPSA) is 127 Å². The lowest BCUT2D eigenvalue weighted by molar-refractivity contribution is -0.144. The second-order valence-electron chi connectivity index (χ2n) is 10.7. The first-order valence-electron chi connectivity index (χ1n) is 13.8. The first-order chi connectivity index (χ1) is 19.6. The summed E-state index contributed by atoms with van der Waals surface area (Å²) in [4.78, 5) is 43.3. The Morgan fingerprint density at radius 3 is 2.44 bits per heavy atom. The van der Waals surface area contributed by atoms with E-state index >= 15 is 0 Å². The molecular weight excluding hydrogens is 544 g/mol. The van der Waals surface area contributed by atoms with E-state index in [1.54, 1.807) is 24.0 Å². The predicted molar refractivity (Wildman–Crippen MR) is 153 cm³/mol. The van der Waals surface area contributed by atoms with Crippen molar-refractivity contribution in [2.24, 2.45) is 0 Å². The van der Waals surface area contributed by atoms with Crippen LogP contribution in [0.1, 0.15) is 31.7 Å². The quantitative estimate of drug-likeness (QED) is 0.422. The van der Waals surface area contributed by atoms with Gasteiger partial charge in [0.2, 0.25) is 21.8 Å². The highest BCUT2D eigenvalue weighted by Gasteiger charge is 2.41. The van der Waals surface area contributed by atoms with Crippen LogP contribution < -0.4 is 4.72 Å². The smallest absolute Gasteiger partial charge is 0.407 e. The summed E-state index contributed by atoms with van der Waals surface area (Å²) in [7, 11) is -3.96. The molecule has 10 nitrogen and oxygen atoms in total. The molecule has 3 aromatic carbocycles. The average molecular weight is 579 g/mol. The highest BCUT2D eigenvalue weighted by atomic mass is 32.2. The van der Waals surface area contributed by atoms with Crippen molar-refractivity contribution in [2.75, 3.05) is 19.6 Å². The van der Waals surface area contributed by atoms with Gasteiger partial charge >= 0.3 is 6.09 Å². The number of carbonyl (C=O) groups is 3. The second-order valence-corrected chi connectivity index (χ2v) is 12.4. The van der Waals surface area contributed by atoms with Crippen molar-refractivity contribution in [3.05, 3.63) is 78.4 Å². The number of carbonyl (C=O) groups excluding carboxylic acids is 2. The number of nitrogens with zero attached hydrogens (tertiary/aromatic N) is 3. The van der Waals surface area contributed by atoms with Crippen LogP contribution in [0, 0.1) is 0 Å². The molecule has 2 aliphatic heterocycles. The summed E-state index contributed by atoms with van der Waals surface area (Å²) in [5.74, 6) is -0.717. The largest absolute Gasteiger partial charge is 0.465 e. The van der Waals surface area contributed by atoms with Crippen LogP contribution in [-0.2, 0) is 26.2 Å². The van der Waals surface area contributed by atoms with E-state index in [1.165, 1.54) is 15.9 Å². The SMILES string of the molecule is C[C@@H](C(=O)N1CCC[C@@H](N(Cc2ccccc2)C(=O)O)C1)N1CC[C@H](NS(=O)(=O)c2ccc3ccccc3c2)C1=O. The number of likely N-dealkylation sites (tertiary alicyclic amines) is 2. The number of nitrogens with one attached hydrogen (secondary N) is 1. The van der Waals surface area contributed by atoms with Gasteiger partial charge in [-0.05, 0) is 54.7 Å². The highest BCUT2D eigenvalue weighted by Crippen LogP contribution is 2.24. The van der Waals surface area contributed by atoms with Gasteiger partial charge in [-0.1, -0.05) is 60.7 Å². The molecule has 3 amide bonds. The number of benzene rings is 3. The van der Waals surface area contributed by atoms with Crippen molar-refractivity contribution in [1.29, 1.82) is 0 Å². The fourth-order valence-electron chi connectivity index (χ4n) is 5.73. The van der Waals surface area contributed by atoms with Gasteiger partial charge in [0.15, 0.2) is 0 Å². The van der Waals surface area contributed by atoms with E-state index in [0.717, 1.165) is 16.3 Å². The van der Waals surface area contributed by atoms with E-state index in [2.05, 4.69) is 4.72 Å². The van der Waals surface area contributed by atoms with E-state index in [-0.39, 0.29) is 42.9 Å². The van der Waals surface area contributed by atoms with E-state index in [4.69, 9.17) is 0 Å². The summed E-state index contributed by atoms with van der Waals surface area (Å²) >= 11 is 0. The number of piperidine rings is 1. The van der Waals surface area contributed by atoms with Crippen LogP contribution in [0.2, 0.25) is 0 Å². The molecule has 2 heterocycles. The van der Waals surface area contributed by atoms with Gasteiger partial charge in [0.1, 0.15) is 12.1 Å². The summed E-state index contributed by atoms with van der Waals surface area (Å²) in [6.45, 7) is 2.81. The molecule has 2 saturated heterocycles. The lowest BCUT2D eigenvalue weighted by Crippen LogP contribution is -2.56. The molecule has 5 rings (SSSR count). The van der Waals surface area contributed by atoms with Gasteiger partial charge in [0.25, 0.3) is 0 Å². The number of fused-ring (bicyclic) bond motifs is 1. The molecule has 0 bridgehead atoms. The molecule has 41 heavy (non-hydrogen) atoms. The zero-order chi connectivity index (χ0) is 29.1. The standard InChI is InChI=1S/C30H34N4O6S/c1-21(28(35)32-16-7-12-25(20-32)34(30(37)38)19-22-8-3-2-4-9-22)33-17-15-27(29(33)36)31-41(39,40)26-14-13-23-10-5-6-11-24(23)18-26/h2-6,8-11,13-14,18,21,25,27,31H,7,12,15-17,19-20H2,1H3,(H,37,38)/t21-,25+,27-/m0/s1. The molecule has 216 valence electrons. The number of rotatable bonds is 8. The molecule has 0 aliphatic carbocycles. The van der Waals surface area contributed by atoms with E-state index in [9.17, 15) is 27.9 Å². The Balaban J connectivity index is 1.23. The summed E-state index contributed by atoms with van der Waals surface area (Å²) in [6, 6.07) is 19.4. The maximum Gasteiger partial charge on any atom is 0.407 e. The molecule has 3 atom stereocenters. The van der Waals surface area contributed by atoms with Crippen LogP contribution in [-0.4, -0.2) is 83.9 Å². The Morgan fingerprint density at radius 1 is 1.00 bits per heavy atom. The number of carboxylic acid groups (broad SMARTS) is 1. The number of sulfonamides is 1. The normalized spacial score (nSPS) is 20.3. The van der Waals surface area contributed by atoms with Crippen LogP contribution >= 0.6 is 0 Å². The number of amides is 3. The molecule has 0 unspecified atom stereocenters. The van der Waals surface area contributed by atoms with Crippen molar-refractivity contribution in [3.63, 3.8) is 0 Å².